The number of hydrogen-bond donors (Lipinski definition) is 0. The largest absolute Gasteiger partial charge is 0.393 e. The molecule has 0 bridgehead atoms. The molecule has 0 nitrogen and oxygen atoms in total. The van der Waals surface area contributed by atoms with Crippen LogP contribution in [0.15, 0.2) is 0 Å². The van der Waals surface area contributed by atoms with Gasteiger partial charge in [-0.05, 0) is 11.8 Å². The second-order valence-corrected chi connectivity index (χ2v) is 5.12. The Kier molecular flexibility index (Phi) is 2.88. The Balaban J connectivity index is 4.44. The molecular formula is C9H17F3. The molecule has 0 saturated heterocycles. The van der Waals surface area contributed by atoms with Crippen molar-refractivity contribution in [2.24, 2.45) is 10.8 Å². The first-order valence-corrected chi connectivity index (χ1v) is 4.02. The van der Waals surface area contributed by atoms with Gasteiger partial charge in [-0.3, -0.25) is 0 Å². The highest BCUT2D eigenvalue weighted by atomic mass is 19.4. The smallest absolute Gasteiger partial charge is 0.171 e. The molecule has 0 spiro atoms. The van der Waals surface area contributed by atoms with Crippen LogP contribution in [-0.4, -0.2) is 6.18 Å². The molecular weight excluding hydrogens is 165 g/mol. The summed E-state index contributed by atoms with van der Waals surface area (Å²) in [7, 11) is 0. The van der Waals surface area contributed by atoms with Gasteiger partial charge in [-0.25, -0.2) is 0 Å². The van der Waals surface area contributed by atoms with Crippen LogP contribution in [0.1, 0.15) is 41.0 Å². The first-order valence-electron chi connectivity index (χ1n) is 4.02. The van der Waals surface area contributed by atoms with Crippen molar-refractivity contribution in [3.8, 4) is 0 Å². The van der Waals surface area contributed by atoms with Crippen molar-refractivity contribution < 1.29 is 13.2 Å². The molecule has 0 aromatic rings. The maximum Gasteiger partial charge on any atom is 0.393 e. The number of hydrogen-bond acceptors (Lipinski definition) is 0. The normalized spacial score (nSPS) is 15.0. The maximum atomic E-state index is 12.4. The van der Waals surface area contributed by atoms with E-state index in [4.69, 9.17) is 0 Å². The van der Waals surface area contributed by atoms with Crippen LogP contribution in [0.25, 0.3) is 0 Å². The first-order chi connectivity index (χ1) is 4.96. The molecule has 0 aliphatic carbocycles. The maximum absolute atomic E-state index is 12.4. The van der Waals surface area contributed by atoms with E-state index in [1.54, 1.807) is 0 Å². The third-order valence-electron chi connectivity index (χ3n) is 1.74. The summed E-state index contributed by atoms with van der Waals surface area (Å²) < 4.78 is 37.1. The summed E-state index contributed by atoms with van der Waals surface area (Å²) in [6, 6.07) is 0. The van der Waals surface area contributed by atoms with E-state index in [0.29, 0.717) is 0 Å². The zero-order chi connectivity index (χ0) is 10.2. The lowest BCUT2D eigenvalue weighted by atomic mass is 9.76. The van der Waals surface area contributed by atoms with E-state index in [1.165, 1.54) is 13.8 Å². The van der Waals surface area contributed by atoms with E-state index < -0.39 is 11.6 Å². The van der Waals surface area contributed by atoms with Gasteiger partial charge in [0.1, 0.15) is 0 Å². The predicted octanol–water partition coefficient (Wildman–Crippen LogP) is 4.01. The Labute approximate surface area is 72.2 Å². The van der Waals surface area contributed by atoms with Crippen molar-refractivity contribution in [1.29, 1.82) is 0 Å². The average molecular weight is 182 g/mol. The lowest BCUT2D eigenvalue weighted by molar-refractivity contribution is -0.220. The third kappa shape index (κ3) is 3.46. The van der Waals surface area contributed by atoms with Crippen LogP contribution < -0.4 is 0 Å². The molecule has 12 heavy (non-hydrogen) atoms. The highest BCUT2D eigenvalue weighted by Gasteiger charge is 2.48. The standard InChI is InChI=1S/C9H17F3/c1-7(2,3)6-8(4,5)9(10,11)12/h6H2,1-5H3. The lowest BCUT2D eigenvalue weighted by Gasteiger charge is -2.34. The summed E-state index contributed by atoms with van der Waals surface area (Å²) in [5.74, 6) is 0. The minimum Gasteiger partial charge on any atom is -0.171 e. The van der Waals surface area contributed by atoms with Crippen LogP contribution in [0, 0.1) is 10.8 Å². The summed E-state index contributed by atoms with van der Waals surface area (Å²) in [5, 5.41) is 0. The minimum absolute atomic E-state index is 0.156. The molecule has 0 fully saturated rings. The second kappa shape index (κ2) is 2.93. The van der Waals surface area contributed by atoms with Gasteiger partial charge in [0.05, 0.1) is 5.41 Å². The molecule has 0 aromatic heterocycles. The fourth-order valence-corrected chi connectivity index (χ4v) is 1.43. The third-order valence-corrected chi connectivity index (χ3v) is 1.74. The van der Waals surface area contributed by atoms with Crippen molar-refractivity contribution >= 4 is 0 Å². The van der Waals surface area contributed by atoms with E-state index in [0.717, 1.165) is 0 Å². The van der Waals surface area contributed by atoms with Gasteiger partial charge >= 0.3 is 6.18 Å². The quantitative estimate of drug-likeness (QED) is 0.574. The van der Waals surface area contributed by atoms with Crippen LogP contribution in [0.5, 0.6) is 0 Å². The molecule has 0 saturated carbocycles. The van der Waals surface area contributed by atoms with E-state index in [-0.39, 0.29) is 11.8 Å². The van der Waals surface area contributed by atoms with Crippen LogP contribution in [0.4, 0.5) is 13.2 Å². The minimum atomic E-state index is -4.10. The highest BCUT2D eigenvalue weighted by Crippen LogP contribution is 2.45. The summed E-state index contributed by atoms with van der Waals surface area (Å²) in [6.07, 6.45) is -3.94. The molecule has 3 heteroatoms. The topological polar surface area (TPSA) is 0 Å². The van der Waals surface area contributed by atoms with Gasteiger partial charge in [0.15, 0.2) is 0 Å². The highest BCUT2D eigenvalue weighted by molar-refractivity contribution is 4.82. The van der Waals surface area contributed by atoms with Crippen LogP contribution in [0.3, 0.4) is 0 Å². The molecule has 0 aliphatic heterocycles. The Hall–Kier alpha value is -0.210. The molecule has 0 aliphatic rings. The lowest BCUT2D eigenvalue weighted by Crippen LogP contribution is -2.35. The molecule has 0 radical (unpaired) electrons. The van der Waals surface area contributed by atoms with E-state index >= 15 is 0 Å². The molecule has 0 unspecified atom stereocenters. The van der Waals surface area contributed by atoms with Gasteiger partial charge in [-0.2, -0.15) is 13.2 Å². The molecule has 0 heterocycles. The molecule has 0 aromatic carbocycles. The summed E-state index contributed by atoms with van der Waals surface area (Å²) in [4.78, 5) is 0. The monoisotopic (exact) mass is 182 g/mol. The summed E-state index contributed by atoms with van der Waals surface area (Å²) in [6.45, 7) is 7.96. The Bertz CT molecular complexity index is 148. The molecule has 0 rings (SSSR count). The zero-order valence-corrected chi connectivity index (χ0v) is 8.34. The second-order valence-electron chi connectivity index (χ2n) is 5.12. The first kappa shape index (κ1) is 11.8. The molecule has 0 N–H and O–H groups in total. The number of halogens is 3. The van der Waals surface area contributed by atoms with E-state index in [2.05, 4.69) is 0 Å². The van der Waals surface area contributed by atoms with Crippen molar-refractivity contribution in [3.05, 3.63) is 0 Å². The van der Waals surface area contributed by atoms with E-state index in [9.17, 15) is 13.2 Å². The Morgan fingerprint density at radius 2 is 1.17 bits per heavy atom. The van der Waals surface area contributed by atoms with Gasteiger partial charge in [0, 0.05) is 0 Å². The Morgan fingerprint density at radius 3 is 1.25 bits per heavy atom. The average Bonchev–Trinajstić information content (AvgIpc) is 1.52. The molecule has 0 amide bonds. The van der Waals surface area contributed by atoms with E-state index in [1.807, 2.05) is 20.8 Å². The number of rotatable bonds is 1. The zero-order valence-electron chi connectivity index (χ0n) is 8.34. The van der Waals surface area contributed by atoms with Crippen molar-refractivity contribution in [2.75, 3.05) is 0 Å². The van der Waals surface area contributed by atoms with Gasteiger partial charge in [0.2, 0.25) is 0 Å². The fraction of sp³-hybridized carbons (Fsp3) is 1.00. The molecule has 74 valence electrons. The molecule has 0 atom stereocenters. The fourth-order valence-electron chi connectivity index (χ4n) is 1.43. The van der Waals surface area contributed by atoms with Crippen LogP contribution in [0.2, 0.25) is 0 Å². The summed E-state index contributed by atoms with van der Waals surface area (Å²) >= 11 is 0. The van der Waals surface area contributed by atoms with Crippen molar-refractivity contribution in [1.82, 2.24) is 0 Å². The van der Waals surface area contributed by atoms with Gasteiger partial charge in [0.25, 0.3) is 0 Å². The summed E-state index contributed by atoms with van der Waals surface area (Å²) in [5.41, 5.74) is -1.86. The van der Waals surface area contributed by atoms with Gasteiger partial charge in [-0.15, -0.1) is 0 Å². The Morgan fingerprint density at radius 1 is 0.833 bits per heavy atom. The SMILES string of the molecule is CC(C)(C)CC(C)(C)C(F)(F)F. The van der Waals surface area contributed by atoms with Crippen molar-refractivity contribution in [3.63, 3.8) is 0 Å². The van der Waals surface area contributed by atoms with Gasteiger partial charge in [-0.1, -0.05) is 34.6 Å². The van der Waals surface area contributed by atoms with Crippen LogP contribution in [-0.2, 0) is 0 Å². The van der Waals surface area contributed by atoms with Crippen LogP contribution >= 0.6 is 0 Å². The number of alkyl halides is 3. The van der Waals surface area contributed by atoms with Crippen molar-refractivity contribution in [2.45, 2.75) is 47.2 Å². The predicted molar refractivity (Wildman–Crippen MR) is 43.9 cm³/mol. The van der Waals surface area contributed by atoms with Gasteiger partial charge < -0.3 is 0 Å².